The largest absolute Gasteiger partial charge is 0.494 e. The number of hydrogen-bond acceptors (Lipinski definition) is 8. The molecule has 9 nitrogen and oxygen atoms in total. The number of carbonyl (C=O) groups is 1. The fraction of sp³-hybridized carbons (Fsp3) is 0.185. The summed E-state index contributed by atoms with van der Waals surface area (Å²) >= 11 is 0. The van der Waals surface area contributed by atoms with Gasteiger partial charge in [0.1, 0.15) is 23.3 Å². The van der Waals surface area contributed by atoms with Gasteiger partial charge in [0.15, 0.2) is 5.43 Å². The average molecular weight is 486 g/mol. The predicted molar refractivity (Wildman–Crippen MR) is 137 cm³/mol. The van der Waals surface area contributed by atoms with Crippen molar-refractivity contribution in [3.63, 3.8) is 0 Å². The van der Waals surface area contributed by atoms with Gasteiger partial charge in [-0.15, -0.1) is 0 Å². The first-order valence-corrected chi connectivity index (χ1v) is 11.8. The number of hydrazine groups is 3. The number of amides is 1. The van der Waals surface area contributed by atoms with Crippen molar-refractivity contribution < 1.29 is 13.9 Å². The van der Waals surface area contributed by atoms with E-state index in [9.17, 15) is 9.59 Å². The van der Waals surface area contributed by atoms with Crippen LogP contribution >= 0.6 is 0 Å². The van der Waals surface area contributed by atoms with Gasteiger partial charge in [0.2, 0.25) is 0 Å². The molecule has 4 aromatic rings. The SMILES string of the molecule is O=C(Nc1ccc2c(=O)cc(C3NNNN3)oc2c1)c1ccc(OCCCCc2ccccc2)cc1. The Morgan fingerprint density at radius 1 is 0.917 bits per heavy atom. The molecule has 0 unspecified atom stereocenters. The summed E-state index contributed by atoms with van der Waals surface area (Å²) in [5, 5.41) is 3.29. The van der Waals surface area contributed by atoms with Crippen LogP contribution in [-0.2, 0) is 6.42 Å². The molecular formula is C27H27N5O4. The van der Waals surface area contributed by atoms with Crippen LogP contribution in [0.15, 0.2) is 88.1 Å². The van der Waals surface area contributed by atoms with E-state index in [1.165, 1.54) is 11.6 Å². The molecule has 1 aromatic heterocycles. The fourth-order valence-corrected chi connectivity index (χ4v) is 3.96. The van der Waals surface area contributed by atoms with Crippen molar-refractivity contribution in [1.82, 2.24) is 21.9 Å². The van der Waals surface area contributed by atoms with Crippen LogP contribution in [0.4, 0.5) is 5.69 Å². The Bertz CT molecular complexity index is 1380. The van der Waals surface area contributed by atoms with Gasteiger partial charge in [0, 0.05) is 23.4 Å². The third kappa shape index (κ3) is 5.78. The van der Waals surface area contributed by atoms with Crippen LogP contribution in [0.5, 0.6) is 5.75 Å². The van der Waals surface area contributed by atoms with Crippen LogP contribution in [0.3, 0.4) is 0 Å². The highest BCUT2D eigenvalue weighted by Gasteiger charge is 2.19. The maximum Gasteiger partial charge on any atom is 0.255 e. The topological polar surface area (TPSA) is 117 Å². The Labute approximate surface area is 207 Å². The van der Waals surface area contributed by atoms with Crippen molar-refractivity contribution in [3.8, 4) is 5.75 Å². The third-order valence-electron chi connectivity index (χ3n) is 5.87. The molecule has 0 radical (unpaired) electrons. The lowest BCUT2D eigenvalue weighted by molar-refractivity contribution is 0.102. The van der Waals surface area contributed by atoms with E-state index in [1.54, 1.807) is 42.5 Å². The van der Waals surface area contributed by atoms with Gasteiger partial charge < -0.3 is 14.5 Å². The number of nitrogens with one attached hydrogen (secondary N) is 5. The lowest BCUT2D eigenvalue weighted by Crippen LogP contribution is -2.33. The summed E-state index contributed by atoms with van der Waals surface area (Å²) in [7, 11) is 0. The van der Waals surface area contributed by atoms with E-state index in [0.29, 0.717) is 34.6 Å². The molecule has 1 aliphatic rings. The number of rotatable bonds is 9. The molecule has 0 bridgehead atoms. The van der Waals surface area contributed by atoms with Gasteiger partial charge in [0.25, 0.3) is 5.91 Å². The number of ether oxygens (including phenoxy) is 1. The van der Waals surface area contributed by atoms with Crippen LogP contribution in [0.25, 0.3) is 11.0 Å². The van der Waals surface area contributed by atoms with E-state index < -0.39 is 6.17 Å². The summed E-state index contributed by atoms with van der Waals surface area (Å²) in [5.74, 6) is 0.864. The summed E-state index contributed by atoms with van der Waals surface area (Å²) in [5.41, 5.74) is 13.7. The Morgan fingerprint density at radius 3 is 2.47 bits per heavy atom. The Morgan fingerprint density at radius 2 is 1.69 bits per heavy atom. The fourth-order valence-electron chi connectivity index (χ4n) is 3.96. The van der Waals surface area contributed by atoms with E-state index in [4.69, 9.17) is 9.15 Å². The van der Waals surface area contributed by atoms with E-state index in [0.717, 1.165) is 25.0 Å². The number of unbranched alkanes of at least 4 members (excludes halogenated alkanes) is 1. The Balaban J connectivity index is 1.16. The molecule has 0 aliphatic carbocycles. The van der Waals surface area contributed by atoms with Crippen molar-refractivity contribution in [2.75, 3.05) is 11.9 Å². The number of benzene rings is 3. The average Bonchev–Trinajstić information content (AvgIpc) is 3.44. The number of anilines is 1. The van der Waals surface area contributed by atoms with E-state index >= 15 is 0 Å². The molecule has 1 aliphatic heterocycles. The summed E-state index contributed by atoms with van der Waals surface area (Å²) in [6, 6.07) is 23.8. The molecule has 36 heavy (non-hydrogen) atoms. The van der Waals surface area contributed by atoms with Crippen LogP contribution in [0, 0.1) is 0 Å². The minimum absolute atomic E-state index is 0.171. The van der Waals surface area contributed by atoms with Gasteiger partial charge in [-0.3, -0.25) is 9.59 Å². The van der Waals surface area contributed by atoms with Crippen LogP contribution in [0.1, 0.15) is 40.7 Å². The standard InChI is InChI=1S/C27H27N5O4/c33-23-17-25(26-29-31-32-30-26)36-24-16-20(11-14-22(23)24)28-27(34)19-9-12-21(13-10-19)35-15-5-4-8-18-6-2-1-3-7-18/h1-3,6-7,9-14,16-17,26,29-32H,4-5,8,15H2,(H,28,34). The maximum atomic E-state index is 12.8. The Hall–Kier alpha value is -4.02. The van der Waals surface area contributed by atoms with Crippen LogP contribution < -0.4 is 37.4 Å². The van der Waals surface area contributed by atoms with Gasteiger partial charge in [-0.2, -0.15) is 11.1 Å². The molecule has 5 rings (SSSR count). The minimum atomic E-state index is -0.412. The van der Waals surface area contributed by atoms with E-state index in [2.05, 4.69) is 51.5 Å². The number of fused-ring (bicyclic) bond motifs is 1. The van der Waals surface area contributed by atoms with Crippen molar-refractivity contribution in [2.45, 2.75) is 25.4 Å². The van der Waals surface area contributed by atoms with Crippen molar-refractivity contribution >= 4 is 22.6 Å². The second-order valence-corrected chi connectivity index (χ2v) is 8.47. The first kappa shape index (κ1) is 23.7. The molecule has 3 aromatic carbocycles. The minimum Gasteiger partial charge on any atom is -0.494 e. The maximum absolute atomic E-state index is 12.8. The molecule has 5 N–H and O–H groups in total. The molecule has 1 saturated heterocycles. The summed E-state index contributed by atoms with van der Waals surface area (Å²) < 4.78 is 11.7. The first-order valence-electron chi connectivity index (χ1n) is 11.8. The van der Waals surface area contributed by atoms with Crippen molar-refractivity contribution in [2.24, 2.45) is 0 Å². The van der Waals surface area contributed by atoms with Gasteiger partial charge in [-0.05, 0) is 61.2 Å². The number of carbonyl (C=O) groups excluding carboxylic acids is 1. The highest BCUT2D eigenvalue weighted by molar-refractivity contribution is 6.05. The van der Waals surface area contributed by atoms with Crippen molar-refractivity contribution in [1.29, 1.82) is 0 Å². The normalized spacial score (nSPS) is 13.7. The zero-order chi connectivity index (χ0) is 24.7. The van der Waals surface area contributed by atoms with Gasteiger partial charge in [-0.25, -0.2) is 10.9 Å². The molecular weight excluding hydrogens is 458 g/mol. The predicted octanol–water partition coefficient (Wildman–Crippen LogP) is 3.56. The van der Waals surface area contributed by atoms with E-state index in [-0.39, 0.29) is 11.3 Å². The lowest BCUT2D eigenvalue weighted by atomic mass is 10.1. The smallest absolute Gasteiger partial charge is 0.255 e. The second kappa shape index (κ2) is 11.1. The number of aryl methyl sites for hydroxylation is 1. The van der Waals surface area contributed by atoms with Gasteiger partial charge in [0.05, 0.1) is 12.0 Å². The van der Waals surface area contributed by atoms with Crippen molar-refractivity contribution in [3.05, 3.63) is 106 Å². The Kier molecular flexibility index (Phi) is 7.34. The zero-order valence-corrected chi connectivity index (χ0v) is 19.5. The van der Waals surface area contributed by atoms with Gasteiger partial charge in [-0.1, -0.05) is 30.3 Å². The highest BCUT2D eigenvalue weighted by Crippen LogP contribution is 2.21. The monoisotopic (exact) mass is 485 g/mol. The molecule has 1 amide bonds. The van der Waals surface area contributed by atoms with Crippen LogP contribution in [-0.4, -0.2) is 12.5 Å². The summed E-state index contributed by atoms with van der Waals surface area (Å²) in [4.78, 5) is 25.2. The molecule has 2 heterocycles. The molecule has 0 atom stereocenters. The summed E-state index contributed by atoms with van der Waals surface area (Å²) in [6.45, 7) is 0.626. The molecule has 184 valence electrons. The number of hydrogen-bond donors (Lipinski definition) is 5. The lowest BCUT2D eigenvalue weighted by Gasteiger charge is -2.10. The second-order valence-electron chi connectivity index (χ2n) is 8.47. The van der Waals surface area contributed by atoms with Gasteiger partial charge >= 0.3 is 0 Å². The van der Waals surface area contributed by atoms with Crippen LogP contribution in [0.2, 0.25) is 0 Å². The highest BCUT2D eigenvalue weighted by atomic mass is 16.5. The third-order valence-corrected chi connectivity index (χ3v) is 5.87. The molecule has 0 saturated carbocycles. The zero-order valence-electron chi connectivity index (χ0n) is 19.5. The summed E-state index contributed by atoms with van der Waals surface area (Å²) in [6.07, 6.45) is 2.63. The van der Waals surface area contributed by atoms with E-state index in [1.807, 2.05) is 6.07 Å². The first-order chi connectivity index (χ1) is 17.7. The molecule has 9 heteroatoms. The molecule has 1 fully saturated rings. The quantitative estimate of drug-likeness (QED) is 0.229. The molecule has 0 spiro atoms.